The Morgan fingerprint density at radius 3 is 2.82 bits per heavy atom. The van der Waals surface area contributed by atoms with Crippen LogP contribution in [0, 0.1) is 0 Å². The van der Waals surface area contributed by atoms with E-state index in [1.54, 1.807) is 0 Å². The summed E-state index contributed by atoms with van der Waals surface area (Å²) in [6, 6.07) is 7.57. The van der Waals surface area contributed by atoms with E-state index in [0.717, 1.165) is 17.7 Å². The minimum atomic E-state index is -2.95. The molecule has 1 aliphatic heterocycles. The number of para-hydroxylation sites is 1. The first-order valence-corrected chi connectivity index (χ1v) is 7.69. The average molecular weight is 255 g/mol. The van der Waals surface area contributed by atoms with Crippen molar-refractivity contribution in [3.63, 3.8) is 0 Å². The summed E-state index contributed by atoms with van der Waals surface area (Å²) in [6.45, 7) is 0. The fourth-order valence-electron chi connectivity index (χ4n) is 1.98. The first-order valence-electron chi connectivity index (χ1n) is 5.63. The molecule has 4 nitrogen and oxygen atoms in total. The summed E-state index contributed by atoms with van der Waals surface area (Å²) in [5.41, 5.74) is 7.12. The van der Waals surface area contributed by atoms with Crippen LogP contribution in [0.3, 0.4) is 0 Å². The highest BCUT2D eigenvalue weighted by Gasteiger charge is 2.28. The van der Waals surface area contributed by atoms with Crippen LogP contribution in [0.4, 0.5) is 0 Å². The molecule has 2 N–H and O–H groups in total. The number of hydrogen-bond donors (Lipinski definition) is 1. The molecule has 0 aliphatic carbocycles. The van der Waals surface area contributed by atoms with E-state index < -0.39 is 9.84 Å². The predicted octanol–water partition coefficient (Wildman–Crippen LogP) is 0.752. The Hall–Kier alpha value is -1.07. The lowest BCUT2D eigenvalue weighted by Crippen LogP contribution is -2.39. The molecule has 1 aromatic carbocycles. The molecule has 2 unspecified atom stereocenters. The topological polar surface area (TPSA) is 69.4 Å². The normalized spacial score (nSPS) is 20.7. The third-order valence-corrected chi connectivity index (χ3v) is 3.95. The van der Waals surface area contributed by atoms with Gasteiger partial charge >= 0.3 is 0 Å². The van der Waals surface area contributed by atoms with Gasteiger partial charge in [0, 0.05) is 18.7 Å². The second-order valence-corrected chi connectivity index (χ2v) is 6.81. The molecular weight excluding hydrogens is 238 g/mol. The van der Waals surface area contributed by atoms with Gasteiger partial charge in [-0.05, 0) is 18.1 Å². The van der Waals surface area contributed by atoms with E-state index in [1.807, 2.05) is 24.3 Å². The summed E-state index contributed by atoms with van der Waals surface area (Å²) in [6.07, 6.45) is 2.33. The summed E-state index contributed by atoms with van der Waals surface area (Å²) in [5.74, 6) is 0.983. The number of nitrogens with two attached hydrogens (primary N) is 1. The fourth-order valence-corrected chi connectivity index (χ4v) is 2.68. The first kappa shape index (κ1) is 12.4. The predicted molar refractivity (Wildman–Crippen MR) is 66.9 cm³/mol. The molecule has 1 aromatic rings. The number of benzene rings is 1. The van der Waals surface area contributed by atoms with Crippen molar-refractivity contribution >= 4 is 9.84 Å². The molecule has 5 heteroatoms. The van der Waals surface area contributed by atoms with Crippen molar-refractivity contribution in [3.05, 3.63) is 29.8 Å². The molecule has 1 heterocycles. The zero-order valence-corrected chi connectivity index (χ0v) is 10.6. The zero-order chi connectivity index (χ0) is 12.5. The molecule has 0 saturated carbocycles. The molecule has 0 aromatic heterocycles. The van der Waals surface area contributed by atoms with E-state index in [9.17, 15) is 8.42 Å². The van der Waals surface area contributed by atoms with Crippen molar-refractivity contribution in [3.8, 4) is 5.75 Å². The van der Waals surface area contributed by atoms with Gasteiger partial charge in [0.15, 0.2) is 0 Å². The second kappa shape index (κ2) is 4.66. The second-order valence-electron chi connectivity index (χ2n) is 4.55. The molecule has 0 saturated heterocycles. The van der Waals surface area contributed by atoms with Gasteiger partial charge in [-0.1, -0.05) is 18.2 Å². The van der Waals surface area contributed by atoms with Crippen LogP contribution in [-0.4, -0.2) is 32.6 Å². The van der Waals surface area contributed by atoms with Gasteiger partial charge in [-0.15, -0.1) is 0 Å². The minimum Gasteiger partial charge on any atom is -0.488 e. The number of ether oxygens (including phenoxy) is 1. The highest BCUT2D eigenvalue weighted by molar-refractivity contribution is 7.90. The lowest BCUT2D eigenvalue weighted by atomic mass is 10.0. The number of fused-ring (bicyclic) bond motifs is 1. The van der Waals surface area contributed by atoms with Gasteiger partial charge in [0.05, 0.1) is 5.75 Å². The molecule has 0 fully saturated rings. The fraction of sp³-hybridized carbons (Fsp3) is 0.500. The third-order valence-electron chi connectivity index (χ3n) is 2.97. The van der Waals surface area contributed by atoms with Gasteiger partial charge in [0.2, 0.25) is 0 Å². The Labute approximate surface area is 102 Å². The Morgan fingerprint density at radius 1 is 1.47 bits per heavy atom. The molecule has 0 radical (unpaired) electrons. The van der Waals surface area contributed by atoms with Crippen LogP contribution in [0.1, 0.15) is 12.0 Å². The van der Waals surface area contributed by atoms with Crippen LogP contribution in [0.2, 0.25) is 0 Å². The van der Waals surface area contributed by atoms with Crippen LogP contribution >= 0.6 is 0 Å². The van der Waals surface area contributed by atoms with Crippen molar-refractivity contribution in [2.75, 3.05) is 12.0 Å². The summed E-state index contributed by atoms with van der Waals surface area (Å²) >= 11 is 0. The van der Waals surface area contributed by atoms with E-state index in [4.69, 9.17) is 10.5 Å². The quantitative estimate of drug-likeness (QED) is 0.862. The average Bonchev–Trinajstić information content (AvgIpc) is 2.68. The molecule has 94 valence electrons. The summed E-state index contributed by atoms with van der Waals surface area (Å²) in [5, 5.41) is 0. The van der Waals surface area contributed by atoms with E-state index in [1.165, 1.54) is 6.26 Å². The molecule has 2 rings (SSSR count). The summed E-state index contributed by atoms with van der Waals surface area (Å²) in [7, 11) is -2.95. The monoisotopic (exact) mass is 255 g/mol. The molecule has 0 amide bonds. The zero-order valence-electron chi connectivity index (χ0n) is 9.80. The van der Waals surface area contributed by atoms with Gasteiger partial charge in [0.25, 0.3) is 0 Å². The third kappa shape index (κ3) is 3.20. The van der Waals surface area contributed by atoms with Gasteiger partial charge in [0.1, 0.15) is 21.7 Å². The van der Waals surface area contributed by atoms with Gasteiger partial charge < -0.3 is 10.5 Å². The van der Waals surface area contributed by atoms with Crippen molar-refractivity contribution in [2.24, 2.45) is 5.73 Å². The van der Waals surface area contributed by atoms with Crippen molar-refractivity contribution < 1.29 is 13.2 Å². The standard InChI is InChI=1S/C12H17NO3S/c1-17(14,15)7-6-10(13)12-8-9-4-2-3-5-11(9)16-12/h2-5,10,12H,6-8,13H2,1H3. The maximum atomic E-state index is 11.1. The largest absolute Gasteiger partial charge is 0.488 e. The first-order chi connectivity index (χ1) is 7.96. The SMILES string of the molecule is CS(=O)(=O)CCC(N)C1Cc2ccccc2O1. The summed E-state index contributed by atoms with van der Waals surface area (Å²) in [4.78, 5) is 0. The molecule has 2 atom stereocenters. The molecule has 0 bridgehead atoms. The van der Waals surface area contributed by atoms with E-state index in [0.29, 0.717) is 6.42 Å². The van der Waals surface area contributed by atoms with Crippen molar-refractivity contribution in [1.82, 2.24) is 0 Å². The van der Waals surface area contributed by atoms with E-state index >= 15 is 0 Å². The lowest BCUT2D eigenvalue weighted by molar-refractivity contribution is 0.196. The summed E-state index contributed by atoms with van der Waals surface area (Å²) < 4.78 is 27.9. The highest BCUT2D eigenvalue weighted by atomic mass is 32.2. The lowest BCUT2D eigenvalue weighted by Gasteiger charge is -2.18. The van der Waals surface area contributed by atoms with Crippen LogP contribution in [0.5, 0.6) is 5.75 Å². The Kier molecular flexibility index (Phi) is 3.40. The van der Waals surface area contributed by atoms with Crippen LogP contribution in [0.15, 0.2) is 24.3 Å². The highest BCUT2D eigenvalue weighted by Crippen LogP contribution is 2.29. The minimum absolute atomic E-state index is 0.103. The van der Waals surface area contributed by atoms with Gasteiger partial charge in [-0.2, -0.15) is 0 Å². The van der Waals surface area contributed by atoms with E-state index in [-0.39, 0.29) is 17.9 Å². The smallest absolute Gasteiger partial charge is 0.147 e. The number of hydrogen-bond acceptors (Lipinski definition) is 4. The van der Waals surface area contributed by atoms with Gasteiger partial charge in [-0.3, -0.25) is 0 Å². The van der Waals surface area contributed by atoms with Crippen molar-refractivity contribution in [1.29, 1.82) is 0 Å². The maximum absolute atomic E-state index is 11.1. The Bertz CT molecular complexity index is 473. The van der Waals surface area contributed by atoms with Crippen molar-refractivity contribution in [2.45, 2.75) is 25.0 Å². The van der Waals surface area contributed by atoms with Crippen LogP contribution in [-0.2, 0) is 16.3 Å². The molecule has 0 spiro atoms. The number of rotatable bonds is 4. The van der Waals surface area contributed by atoms with Crippen LogP contribution < -0.4 is 10.5 Å². The molecule has 1 aliphatic rings. The Balaban J connectivity index is 1.94. The number of sulfone groups is 1. The van der Waals surface area contributed by atoms with Gasteiger partial charge in [-0.25, -0.2) is 8.42 Å². The molecular formula is C12H17NO3S. The Morgan fingerprint density at radius 2 is 2.18 bits per heavy atom. The molecule has 17 heavy (non-hydrogen) atoms. The van der Waals surface area contributed by atoms with Crippen LogP contribution in [0.25, 0.3) is 0 Å². The maximum Gasteiger partial charge on any atom is 0.147 e. The van der Waals surface area contributed by atoms with E-state index in [2.05, 4.69) is 0 Å².